The summed E-state index contributed by atoms with van der Waals surface area (Å²) in [7, 11) is 1.97. The van der Waals surface area contributed by atoms with Gasteiger partial charge in [-0.1, -0.05) is 30.3 Å². The largest absolute Gasteiger partial charge is 0.342 e. The van der Waals surface area contributed by atoms with Gasteiger partial charge in [0.05, 0.1) is 6.54 Å². The Kier molecular flexibility index (Phi) is 4.93. The molecule has 1 aliphatic heterocycles. The van der Waals surface area contributed by atoms with Gasteiger partial charge in [-0.25, -0.2) is 0 Å². The van der Waals surface area contributed by atoms with E-state index in [2.05, 4.69) is 17.0 Å². The minimum Gasteiger partial charge on any atom is -0.342 e. The fraction of sp³-hybridized carbons (Fsp3) is 0.533. The molecule has 2 N–H and O–H groups in total. The van der Waals surface area contributed by atoms with Crippen LogP contribution in [0.4, 0.5) is 0 Å². The highest BCUT2D eigenvalue weighted by Gasteiger charge is 2.22. The van der Waals surface area contributed by atoms with Gasteiger partial charge in [-0.2, -0.15) is 0 Å². The normalized spacial score (nSPS) is 16.9. The second-order valence-electron chi connectivity index (χ2n) is 5.17. The molecule has 1 atom stereocenters. The van der Waals surface area contributed by atoms with Crippen molar-refractivity contribution in [2.75, 3.05) is 33.2 Å². The lowest BCUT2D eigenvalue weighted by Gasteiger charge is -2.28. The van der Waals surface area contributed by atoms with E-state index in [1.165, 1.54) is 5.56 Å². The quantitative estimate of drug-likeness (QED) is 0.867. The van der Waals surface area contributed by atoms with Crippen LogP contribution in [0.25, 0.3) is 0 Å². The van der Waals surface area contributed by atoms with Crippen LogP contribution >= 0.6 is 0 Å². The maximum Gasteiger partial charge on any atom is 0.236 e. The lowest BCUT2D eigenvalue weighted by atomic mass is 10.1. The Labute approximate surface area is 115 Å². The molecule has 1 heterocycles. The number of rotatable bonds is 5. The summed E-state index contributed by atoms with van der Waals surface area (Å²) >= 11 is 0. The first-order valence-corrected chi connectivity index (χ1v) is 6.95. The van der Waals surface area contributed by atoms with Gasteiger partial charge in [0, 0.05) is 25.7 Å². The van der Waals surface area contributed by atoms with E-state index in [1.807, 2.05) is 30.1 Å². The van der Waals surface area contributed by atoms with Crippen LogP contribution in [-0.2, 0) is 4.79 Å². The van der Waals surface area contributed by atoms with Crippen LogP contribution in [-0.4, -0.2) is 48.9 Å². The molecule has 1 unspecified atom stereocenters. The van der Waals surface area contributed by atoms with Crippen molar-refractivity contribution in [2.45, 2.75) is 18.9 Å². The molecule has 104 valence electrons. The Balaban J connectivity index is 1.97. The number of amides is 1. The van der Waals surface area contributed by atoms with Crippen molar-refractivity contribution in [3.8, 4) is 0 Å². The molecule has 1 fully saturated rings. The summed E-state index contributed by atoms with van der Waals surface area (Å²) in [6.45, 7) is 2.78. The number of hydrogen-bond acceptors (Lipinski definition) is 3. The summed E-state index contributed by atoms with van der Waals surface area (Å²) in [5, 5.41) is 0. The molecule has 2 rings (SSSR count). The van der Waals surface area contributed by atoms with E-state index in [-0.39, 0.29) is 11.9 Å². The van der Waals surface area contributed by atoms with Gasteiger partial charge >= 0.3 is 0 Å². The topological polar surface area (TPSA) is 49.6 Å². The molecule has 0 aromatic heterocycles. The number of nitrogens with zero attached hydrogens (tertiary/aromatic N) is 2. The van der Waals surface area contributed by atoms with E-state index < -0.39 is 0 Å². The first-order valence-electron chi connectivity index (χ1n) is 6.95. The Morgan fingerprint density at radius 1 is 1.32 bits per heavy atom. The van der Waals surface area contributed by atoms with Crippen LogP contribution in [0, 0.1) is 0 Å². The van der Waals surface area contributed by atoms with Gasteiger partial charge in [0.15, 0.2) is 0 Å². The second-order valence-corrected chi connectivity index (χ2v) is 5.17. The zero-order chi connectivity index (χ0) is 13.7. The van der Waals surface area contributed by atoms with E-state index >= 15 is 0 Å². The number of likely N-dealkylation sites (tertiary alicyclic amines) is 1. The SMILES string of the molecule is CN(CC(=O)N1CCCC1)C(CN)c1ccccc1. The van der Waals surface area contributed by atoms with E-state index in [0.29, 0.717) is 13.1 Å². The van der Waals surface area contributed by atoms with Gasteiger partial charge in [-0.15, -0.1) is 0 Å². The number of hydrogen-bond donors (Lipinski definition) is 1. The molecule has 19 heavy (non-hydrogen) atoms. The lowest BCUT2D eigenvalue weighted by molar-refractivity contribution is -0.131. The van der Waals surface area contributed by atoms with Crippen molar-refractivity contribution in [1.82, 2.24) is 9.80 Å². The molecule has 1 saturated heterocycles. The summed E-state index contributed by atoms with van der Waals surface area (Å²) in [6.07, 6.45) is 2.27. The zero-order valence-corrected chi connectivity index (χ0v) is 11.6. The van der Waals surface area contributed by atoms with E-state index in [1.54, 1.807) is 0 Å². The molecule has 0 bridgehead atoms. The highest BCUT2D eigenvalue weighted by molar-refractivity contribution is 5.78. The van der Waals surface area contributed by atoms with E-state index in [9.17, 15) is 4.79 Å². The molecule has 1 aliphatic rings. The third kappa shape index (κ3) is 3.55. The van der Waals surface area contributed by atoms with Crippen molar-refractivity contribution in [1.29, 1.82) is 0 Å². The highest BCUT2D eigenvalue weighted by Crippen LogP contribution is 2.18. The minimum atomic E-state index is 0.104. The number of carbonyl (C=O) groups excluding carboxylic acids is 1. The van der Waals surface area contributed by atoms with Crippen molar-refractivity contribution < 1.29 is 4.79 Å². The lowest BCUT2D eigenvalue weighted by Crippen LogP contribution is -2.40. The molecule has 0 spiro atoms. The Morgan fingerprint density at radius 2 is 1.95 bits per heavy atom. The molecule has 1 aromatic carbocycles. The first-order chi connectivity index (χ1) is 9.22. The Morgan fingerprint density at radius 3 is 2.53 bits per heavy atom. The van der Waals surface area contributed by atoms with Crippen molar-refractivity contribution in [3.63, 3.8) is 0 Å². The van der Waals surface area contributed by atoms with Crippen LogP contribution in [0.1, 0.15) is 24.4 Å². The average molecular weight is 261 g/mol. The minimum absolute atomic E-state index is 0.104. The first kappa shape index (κ1) is 14.0. The smallest absolute Gasteiger partial charge is 0.236 e. The van der Waals surface area contributed by atoms with Crippen LogP contribution in [0.3, 0.4) is 0 Å². The summed E-state index contributed by atoms with van der Waals surface area (Å²) < 4.78 is 0. The van der Waals surface area contributed by atoms with Crippen LogP contribution in [0.15, 0.2) is 30.3 Å². The maximum atomic E-state index is 12.2. The fourth-order valence-corrected chi connectivity index (χ4v) is 2.64. The van der Waals surface area contributed by atoms with Crippen molar-refractivity contribution >= 4 is 5.91 Å². The number of nitrogens with two attached hydrogens (primary N) is 1. The third-order valence-electron chi connectivity index (χ3n) is 3.78. The molecule has 4 nitrogen and oxygen atoms in total. The summed E-state index contributed by atoms with van der Waals surface area (Å²) in [6, 6.07) is 10.2. The van der Waals surface area contributed by atoms with Gasteiger partial charge in [-0.3, -0.25) is 9.69 Å². The van der Waals surface area contributed by atoms with Crippen molar-refractivity contribution in [2.24, 2.45) is 5.73 Å². The fourth-order valence-electron chi connectivity index (χ4n) is 2.64. The number of benzene rings is 1. The highest BCUT2D eigenvalue weighted by atomic mass is 16.2. The summed E-state index contributed by atoms with van der Waals surface area (Å²) in [5.74, 6) is 0.217. The monoisotopic (exact) mass is 261 g/mol. The zero-order valence-electron chi connectivity index (χ0n) is 11.6. The molecule has 0 radical (unpaired) electrons. The van der Waals surface area contributed by atoms with Crippen LogP contribution < -0.4 is 5.73 Å². The molecule has 0 saturated carbocycles. The predicted octanol–water partition coefficient (Wildman–Crippen LogP) is 1.24. The van der Waals surface area contributed by atoms with Crippen molar-refractivity contribution in [3.05, 3.63) is 35.9 Å². The van der Waals surface area contributed by atoms with Gasteiger partial charge in [0.25, 0.3) is 0 Å². The van der Waals surface area contributed by atoms with Crippen LogP contribution in [0.5, 0.6) is 0 Å². The van der Waals surface area contributed by atoms with Gasteiger partial charge in [0.2, 0.25) is 5.91 Å². The molecule has 4 heteroatoms. The average Bonchev–Trinajstić information content (AvgIpc) is 2.94. The molecule has 1 amide bonds. The standard InChI is InChI=1S/C15H23N3O/c1-17(12-15(19)18-9-5-6-10-18)14(11-16)13-7-3-2-4-8-13/h2-4,7-8,14H,5-6,9-12,16H2,1H3. The summed E-state index contributed by atoms with van der Waals surface area (Å²) in [5.41, 5.74) is 7.04. The predicted molar refractivity (Wildman–Crippen MR) is 76.7 cm³/mol. The van der Waals surface area contributed by atoms with Gasteiger partial charge in [-0.05, 0) is 25.5 Å². The molecular formula is C15H23N3O. The number of likely N-dealkylation sites (N-methyl/N-ethyl adjacent to an activating group) is 1. The molecule has 1 aromatic rings. The van der Waals surface area contributed by atoms with E-state index in [0.717, 1.165) is 25.9 Å². The van der Waals surface area contributed by atoms with Gasteiger partial charge in [0.1, 0.15) is 0 Å². The number of carbonyl (C=O) groups is 1. The van der Waals surface area contributed by atoms with Gasteiger partial charge < -0.3 is 10.6 Å². The Hall–Kier alpha value is -1.39. The second kappa shape index (κ2) is 6.68. The molecular weight excluding hydrogens is 238 g/mol. The summed E-state index contributed by atoms with van der Waals surface area (Å²) in [4.78, 5) is 16.2. The van der Waals surface area contributed by atoms with E-state index in [4.69, 9.17) is 5.73 Å². The Bertz CT molecular complexity index is 401. The third-order valence-corrected chi connectivity index (χ3v) is 3.78. The molecule has 0 aliphatic carbocycles. The van der Waals surface area contributed by atoms with Crippen LogP contribution in [0.2, 0.25) is 0 Å². The maximum absolute atomic E-state index is 12.2.